The highest BCUT2D eigenvalue weighted by Gasteiger charge is 2.33. The second-order valence-corrected chi connectivity index (χ2v) is 9.62. The number of likely N-dealkylation sites (N-methyl/N-ethyl adjacent to an activating group) is 1. The van der Waals surface area contributed by atoms with Crippen molar-refractivity contribution in [1.29, 1.82) is 0 Å². The summed E-state index contributed by atoms with van der Waals surface area (Å²) in [5.41, 5.74) is 4.74. The standard InChI is InChI=1S/C22H24N4O6S/c1-3-32-19(27)11-23-33(30,31)14-6-4-13(5-7-14)16-10-17-20(24-22(28)21(17)25-29)18-12-26(2)9-8-15(16)18/h4-7,10,23,29H,3,8-9,11-12H2,1-2H3,(H,24,25,28). The number of esters is 1. The van der Waals surface area contributed by atoms with Crippen molar-refractivity contribution in [3.63, 3.8) is 0 Å². The lowest BCUT2D eigenvalue weighted by atomic mass is 9.87. The predicted molar refractivity (Wildman–Crippen MR) is 121 cm³/mol. The van der Waals surface area contributed by atoms with Crippen molar-refractivity contribution in [3.8, 4) is 11.1 Å². The number of carbonyl (C=O) groups is 2. The number of oxime groups is 1. The molecule has 0 aliphatic carbocycles. The van der Waals surface area contributed by atoms with Crippen molar-refractivity contribution in [3.05, 3.63) is 47.0 Å². The van der Waals surface area contributed by atoms with Crippen LogP contribution < -0.4 is 10.0 Å². The monoisotopic (exact) mass is 472 g/mol. The highest BCUT2D eigenvalue weighted by Crippen LogP contribution is 2.40. The molecule has 2 heterocycles. The van der Waals surface area contributed by atoms with Gasteiger partial charge in [0.2, 0.25) is 10.0 Å². The third-order valence-corrected chi connectivity index (χ3v) is 7.13. The van der Waals surface area contributed by atoms with Gasteiger partial charge in [0.15, 0.2) is 5.71 Å². The van der Waals surface area contributed by atoms with E-state index in [2.05, 4.69) is 20.1 Å². The van der Waals surface area contributed by atoms with Crippen molar-refractivity contribution in [2.24, 2.45) is 5.16 Å². The molecule has 174 valence electrons. The predicted octanol–water partition coefficient (Wildman–Crippen LogP) is 1.31. The molecule has 0 aromatic heterocycles. The van der Waals surface area contributed by atoms with Crippen LogP contribution in [0, 0.1) is 0 Å². The Morgan fingerprint density at radius 3 is 2.64 bits per heavy atom. The summed E-state index contributed by atoms with van der Waals surface area (Å²) >= 11 is 0. The first-order chi connectivity index (χ1) is 15.7. The molecule has 2 aromatic rings. The van der Waals surface area contributed by atoms with Gasteiger partial charge in [-0.3, -0.25) is 9.59 Å². The summed E-state index contributed by atoms with van der Waals surface area (Å²) in [4.78, 5) is 25.9. The molecule has 0 spiro atoms. The van der Waals surface area contributed by atoms with Crippen LogP contribution in [-0.4, -0.2) is 62.9 Å². The number of amides is 1. The smallest absolute Gasteiger partial charge is 0.321 e. The topological polar surface area (TPSA) is 137 Å². The zero-order valence-electron chi connectivity index (χ0n) is 18.2. The van der Waals surface area contributed by atoms with Gasteiger partial charge in [-0.1, -0.05) is 17.3 Å². The fourth-order valence-electron chi connectivity index (χ4n) is 4.14. The van der Waals surface area contributed by atoms with Crippen LogP contribution in [0.5, 0.6) is 0 Å². The van der Waals surface area contributed by atoms with E-state index in [0.717, 1.165) is 35.2 Å². The Bertz CT molecular complexity index is 1250. The van der Waals surface area contributed by atoms with Crippen LogP contribution in [0.15, 0.2) is 40.4 Å². The van der Waals surface area contributed by atoms with Gasteiger partial charge in [-0.05, 0) is 60.8 Å². The largest absolute Gasteiger partial charge is 0.465 e. The van der Waals surface area contributed by atoms with Crippen LogP contribution in [0.2, 0.25) is 0 Å². The zero-order chi connectivity index (χ0) is 23.8. The molecule has 4 rings (SSSR count). The number of nitrogens with zero attached hydrogens (tertiary/aromatic N) is 2. The summed E-state index contributed by atoms with van der Waals surface area (Å²) in [7, 11) is -1.90. The van der Waals surface area contributed by atoms with Crippen LogP contribution >= 0.6 is 0 Å². The minimum absolute atomic E-state index is 0.0137. The summed E-state index contributed by atoms with van der Waals surface area (Å²) in [6, 6.07) is 8.08. The molecule has 2 aromatic carbocycles. The lowest BCUT2D eigenvalue weighted by molar-refractivity contribution is -0.141. The molecule has 33 heavy (non-hydrogen) atoms. The highest BCUT2D eigenvalue weighted by atomic mass is 32.2. The van der Waals surface area contributed by atoms with Crippen LogP contribution in [0.1, 0.15) is 23.6 Å². The normalized spacial score (nSPS) is 16.9. The van der Waals surface area contributed by atoms with Crippen LogP contribution in [-0.2, 0) is 37.3 Å². The molecule has 1 amide bonds. The molecule has 0 atom stereocenters. The Morgan fingerprint density at radius 2 is 1.97 bits per heavy atom. The van der Waals surface area contributed by atoms with Crippen molar-refractivity contribution in [2.45, 2.75) is 24.8 Å². The van der Waals surface area contributed by atoms with Gasteiger partial charge in [-0.25, -0.2) is 8.42 Å². The van der Waals surface area contributed by atoms with Crippen LogP contribution in [0.25, 0.3) is 11.1 Å². The molecule has 3 N–H and O–H groups in total. The molecule has 0 bridgehead atoms. The van der Waals surface area contributed by atoms with Gasteiger partial charge in [0.1, 0.15) is 6.54 Å². The van der Waals surface area contributed by atoms with Gasteiger partial charge in [-0.2, -0.15) is 4.72 Å². The van der Waals surface area contributed by atoms with Crippen LogP contribution in [0.3, 0.4) is 0 Å². The van der Waals surface area contributed by atoms with Gasteiger partial charge in [-0.15, -0.1) is 0 Å². The number of hydrogen-bond donors (Lipinski definition) is 3. The van der Waals surface area contributed by atoms with Gasteiger partial charge in [0.05, 0.1) is 17.2 Å². The number of nitrogens with one attached hydrogen (secondary N) is 2. The molecule has 11 heteroatoms. The maximum absolute atomic E-state index is 12.5. The molecular formula is C22H24N4O6S. The second-order valence-electron chi connectivity index (χ2n) is 7.85. The molecular weight excluding hydrogens is 448 g/mol. The Balaban J connectivity index is 1.70. The Kier molecular flexibility index (Phi) is 6.19. The maximum atomic E-state index is 12.5. The van der Waals surface area contributed by atoms with E-state index in [1.807, 2.05) is 7.05 Å². The summed E-state index contributed by atoms with van der Waals surface area (Å²) in [6.07, 6.45) is 0.747. The van der Waals surface area contributed by atoms with E-state index in [1.165, 1.54) is 12.1 Å². The van der Waals surface area contributed by atoms with E-state index in [-0.39, 0.29) is 17.2 Å². The molecule has 2 aliphatic rings. The molecule has 10 nitrogen and oxygen atoms in total. The SMILES string of the molecule is CCOC(=O)CNS(=O)(=O)c1ccc(-c2cc3c(c4c2CCN(C)C4)NC(=O)/C3=N\O)cc1. The van der Waals surface area contributed by atoms with Crippen molar-refractivity contribution in [2.75, 3.05) is 32.1 Å². The number of anilines is 1. The summed E-state index contributed by atoms with van der Waals surface area (Å²) < 4.78 is 32.0. The highest BCUT2D eigenvalue weighted by molar-refractivity contribution is 7.89. The van der Waals surface area contributed by atoms with E-state index < -0.39 is 28.4 Å². The van der Waals surface area contributed by atoms with E-state index in [1.54, 1.807) is 25.1 Å². The quantitative estimate of drug-likeness (QED) is 0.327. The molecule has 2 aliphatic heterocycles. The van der Waals surface area contributed by atoms with E-state index in [9.17, 15) is 23.2 Å². The average molecular weight is 473 g/mol. The minimum atomic E-state index is -3.89. The first-order valence-electron chi connectivity index (χ1n) is 10.4. The fourth-order valence-corrected chi connectivity index (χ4v) is 5.10. The van der Waals surface area contributed by atoms with Crippen molar-refractivity contribution in [1.82, 2.24) is 9.62 Å². The van der Waals surface area contributed by atoms with Gasteiger partial charge in [0, 0.05) is 18.7 Å². The van der Waals surface area contributed by atoms with E-state index >= 15 is 0 Å². The van der Waals surface area contributed by atoms with Gasteiger partial charge in [0.25, 0.3) is 5.91 Å². The Hall–Kier alpha value is -3.28. The summed E-state index contributed by atoms with van der Waals surface area (Å²) in [6.45, 7) is 2.81. The number of ether oxygens (including phenoxy) is 1. The van der Waals surface area contributed by atoms with Crippen molar-refractivity contribution < 1.29 is 28.0 Å². The van der Waals surface area contributed by atoms with Crippen LogP contribution in [0.4, 0.5) is 5.69 Å². The lowest BCUT2D eigenvalue weighted by Crippen LogP contribution is -2.30. The number of hydrogen-bond acceptors (Lipinski definition) is 8. The lowest BCUT2D eigenvalue weighted by Gasteiger charge is -2.29. The summed E-state index contributed by atoms with van der Waals surface area (Å²) in [5, 5.41) is 15.3. The summed E-state index contributed by atoms with van der Waals surface area (Å²) in [5.74, 6) is -1.12. The fraction of sp³-hybridized carbons (Fsp3) is 0.318. The van der Waals surface area contributed by atoms with E-state index in [4.69, 9.17) is 4.74 Å². The maximum Gasteiger partial charge on any atom is 0.321 e. The number of fused-ring (bicyclic) bond motifs is 3. The minimum Gasteiger partial charge on any atom is -0.465 e. The Labute approximate surface area is 191 Å². The van der Waals surface area contributed by atoms with E-state index in [0.29, 0.717) is 17.8 Å². The first-order valence-corrected chi connectivity index (χ1v) is 11.9. The van der Waals surface area contributed by atoms with Gasteiger partial charge < -0.3 is 20.2 Å². The number of sulfonamides is 1. The number of rotatable bonds is 6. The number of carbonyl (C=O) groups excluding carboxylic acids is 2. The second kappa shape index (κ2) is 8.93. The molecule has 0 radical (unpaired) electrons. The first kappa shape index (κ1) is 22.9. The number of benzene rings is 2. The molecule has 0 saturated heterocycles. The molecule has 0 fully saturated rings. The third-order valence-electron chi connectivity index (χ3n) is 5.72. The third kappa shape index (κ3) is 4.34. The molecule has 0 unspecified atom stereocenters. The Morgan fingerprint density at radius 1 is 1.24 bits per heavy atom. The molecule has 0 saturated carbocycles. The average Bonchev–Trinajstić information content (AvgIpc) is 3.12. The van der Waals surface area contributed by atoms with Crippen molar-refractivity contribution >= 4 is 33.3 Å². The van der Waals surface area contributed by atoms with Gasteiger partial charge >= 0.3 is 5.97 Å². The zero-order valence-corrected chi connectivity index (χ0v) is 19.0.